The third-order valence-electron chi connectivity index (χ3n) is 13.8. The maximum Gasteiger partial charge on any atom is 0.143 e. The number of benzene rings is 11. The number of rotatable bonds is 5. The summed E-state index contributed by atoms with van der Waals surface area (Å²) in [4.78, 5) is 2.45. The van der Waals surface area contributed by atoms with Gasteiger partial charge < -0.3 is 9.32 Å². The molecule has 11 aromatic carbocycles. The highest BCUT2D eigenvalue weighted by atomic mass is 16.3. The molecule has 0 saturated carbocycles. The summed E-state index contributed by atoms with van der Waals surface area (Å²) in [5.41, 5.74) is 14.9. The average Bonchev–Trinajstić information content (AvgIpc) is 3.81. The Balaban J connectivity index is 1.05. The second kappa shape index (κ2) is 13.5. The highest BCUT2D eigenvalue weighted by molar-refractivity contribution is 6.27. The summed E-state index contributed by atoms with van der Waals surface area (Å²) < 4.78 is 7.06. The lowest BCUT2D eigenvalue weighted by atomic mass is 9.82. The smallest absolute Gasteiger partial charge is 0.143 e. The summed E-state index contributed by atoms with van der Waals surface area (Å²) in [5, 5.41) is 12.1. The zero-order chi connectivity index (χ0) is 41.8. The number of hydrogen-bond acceptors (Lipinski definition) is 2. The van der Waals surface area contributed by atoms with Gasteiger partial charge in [0.2, 0.25) is 0 Å². The van der Waals surface area contributed by atoms with Crippen LogP contribution in [0.5, 0.6) is 0 Å². The molecule has 1 aliphatic carbocycles. The zero-order valence-corrected chi connectivity index (χ0v) is 35.1. The molecule has 1 heterocycles. The Labute approximate surface area is 365 Å². The van der Waals surface area contributed by atoms with E-state index in [0.29, 0.717) is 0 Å². The molecule has 1 aliphatic rings. The first kappa shape index (κ1) is 35.8. The molecule has 13 rings (SSSR count). The van der Waals surface area contributed by atoms with Crippen LogP contribution in [0.2, 0.25) is 0 Å². The molecule has 296 valence electrons. The van der Waals surface area contributed by atoms with E-state index in [2.05, 4.69) is 231 Å². The second-order valence-corrected chi connectivity index (χ2v) is 17.6. The molecule has 63 heavy (non-hydrogen) atoms. The van der Waals surface area contributed by atoms with Gasteiger partial charge in [-0.05, 0) is 125 Å². The summed E-state index contributed by atoms with van der Waals surface area (Å²) in [6, 6.07) is 77.9. The molecule has 2 heteroatoms. The summed E-state index contributed by atoms with van der Waals surface area (Å²) in [7, 11) is 0. The van der Waals surface area contributed by atoms with Gasteiger partial charge in [0.1, 0.15) is 11.2 Å². The van der Waals surface area contributed by atoms with Gasteiger partial charge in [-0.25, -0.2) is 0 Å². The Bertz CT molecular complexity index is 3800. The van der Waals surface area contributed by atoms with Crippen molar-refractivity contribution < 1.29 is 4.42 Å². The van der Waals surface area contributed by atoms with Crippen molar-refractivity contribution in [1.82, 2.24) is 0 Å². The van der Waals surface area contributed by atoms with Crippen molar-refractivity contribution in [3.63, 3.8) is 0 Å². The molecule has 0 bridgehead atoms. The summed E-state index contributed by atoms with van der Waals surface area (Å²) in [6.45, 7) is 4.71. The van der Waals surface area contributed by atoms with Crippen LogP contribution in [-0.4, -0.2) is 0 Å². The largest absolute Gasteiger partial charge is 0.455 e. The Hall–Kier alpha value is -7.94. The van der Waals surface area contributed by atoms with Gasteiger partial charge >= 0.3 is 0 Å². The maximum absolute atomic E-state index is 7.06. The molecule has 0 fully saturated rings. The van der Waals surface area contributed by atoms with E-state index in [0.717, 1.165) is 50.1 Å². The molecule has 0 saturated heterocycles. The van der Waals surface area contributed by atoms with E-state index in [-0.39, 0.29) is 5.41 Å². The van der Waals surface area contributed by atoms with Crippen LogP contribution in [0.25, 0.3) is 98.4 Å². The predicted molar refractivity (Wildman–Crippen MR) is 267 cm³/mol. The molecule has 12 aromatic rings. The van der Waals surface area contributed by atoms with Crippen molar-refractivity contribution in [3.05, 3.63) is 223 Å². The van der Waals surface area contributed by atoms with E-state index in [9.17, 15) is 0 Å². The molecule has 0 atom stereocenters. The Kier molecular flexibility index (Phi) is 7.68. The first-order valence-electron chi connectivity index (χ1n) is 21.9. The third kappa shape index (κ3) is 5.31. The van der Waals surface area contributed by atoms with Crippen LogP contribution in [0.3, 0.4) is 0 Å². The standard InChI is InChI=1S/C61H41NO/c1-61(2)55-26-14-12-25-50(55)51-32-29-42(37-56(51)61)62(57-27-15-13-19-43(57)38-16-4-3-5-17-38)41-30-33-58-53(36-41)54-34-39-18-6-7-20-44(39)59(60(54)63-58)40-28-31-49-47-23-9-8-21-45(47)46-22-10-11-24-48(46)52(49)35-40/h3-37H,1-2H3. The van der Waals surface area contributed by atoms with E-state index >= 15 is 0 Å². The van der Waals surface area contributed by atoms with Crippen molar-refractivity contribution in [1.29, 1.82) is 0 Å². The molecule has 0 radical (unpaired) electrons. The molecule has 0 spiro atoms. The second-order valence-electron chi connectivity index (χ2n) is 17.6. The molecular formula is C61H41NO. The minimum atomic E-state index is -0.142. The van der Waals surface area contributed by atoms with E-state index in [1.54, 1.807) is 0 Å². The van der Waals surface area contributed by atoms with E-state index in [1.807, 2.05) is 0 Å². The van der Waals surface area contributed by atoms with Crippen LogP contribution < -0.4 is 4.90 Å². The van der Waals surface area contributed by atoms with Gasteiger partial charge in [-0.2, -0.15) is 0 Å². The summed E-state index contributed by atoms with van der Waals surface area (Å²) in [5.74, 6) is 0. The van der Waals surface area contributed by atoms with Gasteiger partial charge in [-0.1, -0.05) is 178 Å². The van der Waals surface area contributed by atoms with E-state index in [1.165, 1.54) is 76.5 Å². The summed E-state index contributed by atoms with van der Waals surface area (Å²) >= 11 is 0. The highest BCUT2D eigenvalue weighted by Crippen LogP contribution is 2.52. The van der Waals surface area contributed by atoms with Crippen LogP contribution in [0.4, 0.5) is 17.1 Å². The molecule has 0 amide bonds. The molecule has 1 aromatic heterocycles. The minimum Gasteiger partial charge on any atom is -0.455 e. The van der Waals surface area contributed by atoms with E-state index < -0.39 is 0 Å². The van der Waals surface area contributed by atoms with Gasteiger partial charge in [-0.3, -0.25) is 0 Å². The number of nitrogens with zero attached hydrogens (tertiary/aromatic N) is 1. The normalized spacial score (nSPS) is 13.0. The quantitative estimate of drug-likeness (QED) is 0.161. The third-order valence-corrected chi connectivity index (χ3v) is 13.8. The number of anilines is 3. The fraction of sp³-hybridized carbons (Fsp3) is 0.0492. The van der Waals surface area contributed by atoms with E-state index in [4.69, 9.17) is 4.42 Å². The fourth-order valence-corrected chi connectivity index (χ4v) is 10.8. The lowest BCUT2D eigenvalue weighted by Crippen LogP contribution is -2.16. The molecular weight excluding hydrogens is 763 g/mol. The molecule has 0 N–H and O–H groups in total. The lowest BCUT2D eigenvalue weighted by Gasteiger charge is -2.30. The number of furan rings is 1. The summed E-state index contributed by atoms with van der Waals surface area (Å²) in [6.07, 6.45) is 0. The number of fused-ring (bicyclic) bond motifs is 13. The van der Waals surface area contributed by atoms with Gasteiger partial charge in [-0.15, -0.1) is 0 Å². The van der Waals surface area contributed by atoms with Crippen LogP contribution in [0.1, 0.15) is 25.0 Å². The van der Waals surface area contributed by atoms with Crippen molar-refractivity contribution in [2.24, 2.45) is 0 Å². The SMILES string of the molecule is CC1(C)c2ccccc2-c2ccc(N(c3ccc4oc5c(-c6ccc7c8ccccc8c8ccccc8c7c6)c6ccccc6cc5c4c3)c3ccccc3-c3ccccc3)cc21. The lowest BCUT2D eigenvalue weighted by molar-refractivity contribution is 0.660. The Morgan fingerprint density at radius 3 is 1.73 bits per heavy atom. The van der Waals surface area contributed by atoms with Crippen molar-refractivity contribution in [2.75, 3.05) is 4.90 Å². The van der Waals surface area contributed by atoms with Gasteiger partial charge in [0.05, 0.1) is 5.69 Å². The highest BCUT2D eigenvalue weighted by Gasteiger charge is 2.36. The van der Waals surface area contributed by atoms with Gasteiger partial charge in [0, 0.05) is 38.7 Å². The first-order chi connectivity index (χ1) is 31.0. The molecule has 0 unspecified atom stereocenters. The predicted octanol–water partition coefficient (Wildman–Crippen LogP) is 17.3. The van der Waals surface area contributed by atoms with Crippen molar-refractivity contribution >= 4 is 82.1 Å². The first-order valence-corrected chi connectivity index (χ1v) is 21.9. The topological polar surface area (TPSA) is 16.4 Å². The fourth-order valence-electron chi connectivity index (χ4n) is 10.8. The van der Waals surface area contributed by atoms with Crippen molar-refractivity contribution in [2.45, 2.75) is 19.3 Å². The average molecular weight is 804 g/mol. The zero-order valence-electron chi connectivity index (χ0n) is 35.1. The van der Waals surface area contributed by atoms with Gasteiger partial charge in [0.25, 0.3) is 0 Å². The van der Waals surface area contributed by atoms with Gasteiger partial charge in [0.15, 0.2) is 0 Å². The minimum absolute atomic E-state index is 0.142. The van der Waals surface area contributed by atoms with Crippen LogP contribution in [0, 0.1) is 0 Å². The van der Waals surface area contributed by atoms with Crippen LogP contribution >= 0.6 is 0 Å². The van der Waals surface area contributed by atoms with Crippen molar-refractivity contribution in [3.8, 4) is 33.4 Å². The number of hydrogen-bond donors (Lipinski definition) is 0. The van der Waals surface area contributed by atoms with Crippen LogP contribution in [-0.2, 0) is 5.41 Å². The maximum atomic E-state index is 7.06. The Morgan fingerprint density at radius 2 is 0.952 bits per heavy atom. The Morgan fingerprint density at radius 1 is 0.365 bits per heavy atom. The van der Waals surface area contributed by atoms with Crippen LogP contribution in [0.15, 0.2) is 217 Å². The molecule has 2 nitrogen and oxygen atoms in total. The molecule has 0 aliphatic heterocycles. The number of para-hydroxylation sites is 1. The monoisotopic (exact) mass is 803 g/mol.